The van der Waals surface area contributed by atoms with Gasteiger partial charge in [0.2, 0.25) is 0 Å². The Morgan fingerprint density at radius 2 is 1.65 bits per heavy atom. The fraction of sp³-hybridized carbons (Fsp3) is 0.105. The number of carbonyl (C=O) groups excluding carboxylic acids is 1. The molecule has 2 aromatic rings. The predicted octanol–water partition coefficient (Wildman–Crippen LogP) is 3.69. The van der Waals surface area contributed by atoms with Crippen LogP contribution in [0.3, 0.4) is 0 Å². The number of allylic oxidation sites excluding steroid dienone is 1. The van der Waals surface area contributed by atoms with Gasteiger partial charge in [-0.3, -0.25) is 0 Å². The zero-order chi connectivity index (χ0) is 16.4. The number of rotatable bonds is 2. The molecule has 0 unspecified atom stereocenters. The van der Waals surface area contributed by atoms with E-state index in [1.54, 1.807) is 19.1 Å². The van der Waals surface area contributed by atoms with Crippen LogP contribution in [0.2, 0.25) is 0 Å². The lowest BCUT2D eigenvalue weighted by Gasteiger charge is -2.08. The average Bonchev–Trinajstić information content (AvgIpc) is 2.91. The van der Waals surface area contributed by atoms with Crippen LogP contribution in [-0.4, -0.2) is 12.6 Å². The maximum absolute atomic E-state index is 12.3. The molecule has 1 aliphatic carbocycles. The zero-order valence-electron chi connectivity index (χ0n) is 12.5. The molecule has 0 spiro atoms. The Morgan fingerprint density at radius 3 is 2.30 bits per heavy atom. The number of esters is 1. The van der Waals surface area contributed by atoms with Crippen LogP contribution >= 0.6 is 0 Å². The molecule has 0 saturated heterocycles. The first-order valence-electron chi connectivity index (χ1n) is 7.17. The van der Waals surface area contributed by atoms with Crippen molar-refractivity contribution in [1.82, 2.24) is 0 Å². The molecule has 1 aliphatic rings. The second-order valence-corrected chi connectivity index (χ2v) is 4.97. The van der Waals surface area contributed by atoms with Crippen LogP contribution in [0.4, 0.5) is 0 Å². The molecule has 0 heterocycles. The highest BCUT2D eigenvalue weighted by atomic mass is 16.5. The van der Waals surface area contributed by atoms with Crippen molar-refractivity contribution in [3.8, 4) is 23.3 Å². The number of hydrogen-bond acceptors (Lipinski definition) is 4. The first-order chi connectivity index (χ1) is 11.2. The number of benzene rings is 2. The van der Waals surface area contributed by atoms with Crippen LogP contribution in [0.15, 0.2) is 48.0 Å². The van der Waals surface area contributed by atoms with E-state index in [1.807, 2.05) is 42.5 Å². The predicted molar refractivity (Wildman–Crippen MR) is 85.1 cm³/mol. The van der Waals surface area contributed by atoms with Gasteiger partial charge >= 0.3 is 5.97 Å². The van der Waals surface area contributed by atoms with Gasteiger partial charge in [0.1, 0.15) is 17.7 Å². The Hall–Kier alpha value is -3.37. The monoisotopic (exact) mass is 300 g/mol. The zero-order valence-corrected chi connectivity index (χ0v) is 12.5. The van der Waals surface area contributed by atoms with Crippen LogP contribution < -0.4 is 0 Å². The molecule has 3 rings (SSSR count). The number of fused-ring (bicyclic) bond motifs is 3. The summed E-state index contributed by atoms with van der Waals surface area (Å²) >= 11 is 0. The molecular weight excluding hydrogens is 288 g/mol. The third kappa shape index (κ3) is 2.18. The Labute approximate surface area is 133 Å². The Morgan fingerprint density at radius 1 is 1.00 bits per heavy atom. The Balaban J connectivity index is 2.39. The van der Waals surface area contributed by atoms with E-state index in [4.69, 9.17) is 4.74 Å². The summed E-state index contributed by atoms with van der Waals surface area (Å²) in [6, 6.07) is 16.6. The SMILES string of the molecule is CCOC(=O)c1cccc2c1-c1ccccc1C2=C(C#N)C#N. The van der Waals surface area contributed by atoms with Crippen LogP contribution in [0, 0.1) is 22.7 Å². The highest BCUT2D eigenvalue weighted by molar-refractivity contribution is 6.10. The minimum atomic E-state index is -0.407. The molecule has 0 N–H and O–H groups in total. The first-order valence-corrected chi connectivity index (χ1v) is 7.17. The van der Waals surface area contributed by atoms with E-state index in [0.717, 1.165) is 22.3 Å². The average molecular weight is 300 g/mol. The largest absolute Gasteiger partial charge is 0.462 e. The fourth-order valence-corrected chi connectivity index (χ4v) is 2.90. The molecule has 0 bridgehead atoms. The molecule has 4 heteroatoms. The Bertz CT molecular complexity index is 911. The Kier molecular flexibility index (Phi) is 3.66. The van der Waals surface area contributed by atoms with Gasteiger partial charge in [0.25, 0.3) is 0 Å². The third-order valence-electron chi connectivity index (χ3n) is 3.77. The molecule has 0 atom stereocenters. The third-order valence-corrected chi connectivity index (χ3v) is 3.77. The fourth-order valence-electron chi connectivity index (χ4n) is 2.90. The van der Waals surface area contributed by atoms with Crippen LogP contribution in [-0.2, 0) is 4.74 Å². The van der Waals surface area contributed by atoms with E-state index in [0.29, 0.717) is 11.1 Å². The van der Waals surface area contributed by atoms with Crippen molar-refractivity contribution < 1.29 is 9.53 Å². The molecule has 0 amide bonds. The van der Waals surface area contributed by atoms with Crippen LogP contribution in [0.25, 0.3) is 16.7 Å². The second-order valence-electron chi connectivity index (χ2n) is 4.97. The van der Waals surface area contributed by atoms with E-state index >= 15 is 0 Å². The maximum atomic E-state index is 12.3. The summed E-state index contributed by atoms with van der Waals surface area (Å²) in [7, 11) is 0. The molecule has 0 saturated carbocycles. The van der Waals surface area contributed by atoms with E-state index in [-0.39, 0.29) is 12.2 Å². The van der Waals surface area contributed by atoms with Crippen molar-refractivity contribution in [3.63, 3.8) is 0 Å². The minimum Gasteiger partial charge on any atom is -0.462 e. The lowest BCUT2D eigenvalue weighted by atomic mass is 9.97. The topological polar surface area (TPSA) is 73.9 Å². The maximum Gasteiger partial charge on any atom is 0.338 e. The summed E-state index contributed by atoms with van der Waals surface area (Å²) in [5, 5.41) is 18.6. The van der Waals surface area contributed by atoms with E-state index in [9.17, 15) is 15.3 Å². The summed E-state index contributed by atoms with van der Waals surface area (Å²) in [5.74, 6) is -0.407. The summed E-state index contributed by atoms with van der Waals surface area (Å²) in [4.78, 5) is 12.3. The van der Waals surface area contributed by atoms with Crippen molar-refractivity contribution in [2.75, 3.05) is 6.61 Å². The first kappa shape index (κ1) is 14.6. The number of carbonyl (C=O) groups is 1. The summed E-state index contributed by atoms with van der Waals surface area (Å²) in [6.45, 7) is 2.04. The van der Waals surface area contributed by atoms with Crippen molar-refractivity contribution in [2.24, 2.45) is 0 Å². The smallest absolute Gasteiger partial charge is 0.338 e. The number of nitriles is 2. The molecule has 0 fully saturated rings. The molecular formula is C19H12N2O2. The highest BCUT2D eigenvalue weighted by Crippen LogP contribution is 2.47. The lowest BCUT2D eigenvalue weighted by molar-refractivity contribution is 0.0527. The summed E-state index contributed by atoms with van der Waals surface area (Å²) < 4.78 is 5.13. The van der Waals surface area contributed by atoms with Crippen molar-refractivity contribution >= 4 is 11.5 Å². The molecule has 0 aliphatic heterocycles. The van der Waals surface area contributed by atoms with E-state index in [1.165, 1.54) is 0 Å². The molecule has 23 heavy (non-hydrogen) atoms. The summed E-state index contributed by atoms with van der Waals surface area (Å²) in [6.07, 6.45) is 0. The van der Waals surface area contributed by atoms with Gasteiger partial charge in [0.05, 0.1) is 12.2 Å². The number of hydrogen-bond donors (Lipinski definition) is 0. The molecule has 0 aromatic heterocycles. The van der Waals surface area contributed by atoms with Gasteiger partial charge in [-0.15, -0.1) is 0 Å². The standard InChI is InChI=1S/C19H12N2O2/c1-2-23-19(22)16-9-5-8-15-17(12(10-20)11-21)13-6-3-4-7-14(13)18(15)16/h3-9H,2H2,1H3. The van der Waals surface area contributed by atoms with Gasteiger partial charge in [-0.25, -0.2) is 4.79 Å². The van der Waals surface area contributed by atoms with Crippen molar-refractivity contribution in [1.29, 1.82) is 10.5 Å². The van der Waals surface area contributed by atoms with Gasteiger partial charge in [-0.1, -0.05) is 36.4 Å². The molecule has 2 aromatic carbocycles. The van der Waals surface area contributed by atoms with Gasteiger partial charge < -0.3 is 4.74 Å². The lowest BCUT2D eigenvalue weighted by Crippen LogP contribution is -2.06. The van der Waals surface area contributed by atoms with E-state index < -0.39 is 5.97 Å². The molecule has 110 valence electrons. The van der Waals surface area contributed by atoms with Crippen LogP contribution in [0.1, 0.15) is 28.4 Å². The quantitative estimate of drug-likeness (QED) is 0.534. The highest BCUT2D eigenvalue weighted by Gasteiger charge is 2.30. The van der Waals surface area contributed by atoms with Crippen molar-refractivity contribution in [3.05, 3.63) is 64.7 Å². The molecule has 0 radical (unpaired) electrons. The van der Waals surface area contributed by atoms with E-state index in [2.05, 4.69) is 0 Å². The van der Waals surface area contributed by atoms with Crippen molar-refractivity contribution in [2.45, 2.75) is 6.92 Å². The molecule has 4 nitrogen and oxygen atoms in total. The van der Waals surface area contributed by atoms with Gasteiger partial charge in [0.15, 0.2) is 0 Å². The summed E-state index contributed by atoms with van der Waals surface area (Å²) in [5.41, 5.74) is 4.13. The van der Waals surface area contributed by atoms with Gasteiger partial charge in [-0.2, -0.15) is 10.5 Å². The second kappa shape index (κ2) is 5.79. The number of ether oxygens (including phenoxy) is 1. The van der Waals surface area contributed by atoms with Crippen LogP contribution in [0.5, 0.6) is 0 Å². The number of nitrogens with zero attached hydrogens (tertiary/aromatic N) is 2. The van der Waals surface area contributed by atoms with Gasteiger partial charge in [0, 0.05) is 11.1 Å². The minimum absolute atomic E-state index is 0.0391. The van der Waals surface area contributed by atoms with Gasteiger partial charge in [-0.05, 0) is 29.7 Å². The normalized spacial score (nSPS) is 11.0.